The van der Waals surface area contributed by atoms with Crippen LogP contribution in [0.25, 0.3) is 0 Å². The molecule has 1 rings (SSSR count). The lowest BCUT2D eigenvalue weighted by atomic mass is 10.1. The molecule has 72 valence electrons. The maximum Gasteiger partial charge on any atom is 0.123 e. The van der Waals surface area contributed by atoms with Crippen LogP contribution in [0.1, 0.15) is 16.7 Å². The molecule has 13 heavy (non-hydrogen) atoms. The molecule has 1 aromatic carbocycles. The SMILES string of the molecule is COc1cc(CBr)c(C)cc1CBr. The average Bonchev–Trinajstić information content (AvgIpc) is 2.17. The van der Waals surface area contributed by atoms with E-state index < -0.39 is 0 Å². The lowest BCUT2D eigenvalue weighted by molar-refractivity contribution is 0.411. The van der Waals surface area contributed by atoms with Crippen molar-refractivity contribution in [2.75, 3.05) is 7.11 Å². The van der Waals surface area contributed by atoms with Crippen molar-refractivity contribution in [3.05, 3.63) is 28.8 Å². The van der Waals surface area contributed by atoms with Gasteiger partial charge in [0.15, 0.2) is 0 Å². The fourth-order valence-electron chi connectivity index (χ4n) is 1.23. The molecule has 0 heterocycles. The lowest BCUT2D eigenvalue weighted by Crippen LogP contribution is -1.94. The predicted octanol–water partition coefficient (Wildman–Crippen LogP) is 3.79. The van der Waals surface area contributed by atoms with Crippen molar-refractivity contribution in [3.8, 4) is 5.75 Å². The Morgan fingerprint density at radius 1 is 1.15 bits per heavy atom. The van der Waals surface area contributed by atoms with Gasteiger partial charge in [-0.2, -0.15) is 0 Å². The Kier molecular flexibility index (Phi) is 4.26. The van der Waals surface area contributed by atoms with Gasteiger partial charge in [-0.05, 0) is 24.1 Å². The summed E-state index contributed by atoms with van der Waals surface area (Å²) >= 11 is 6.89. The van der Waals surface area contributed by atoms with Gasteiger partial charge in [-0.15, -0.1) is 0 Å². The molecule has 3 heteroatoms. The number of hydrogen-bond donors (Lipinski definition) is 0. The third-order valence-electron chi connectivity index (χ3n) is 2.03. The molecule has 0 unspecified atom stereocenters. The summed E-state index contributed by atoms with van der Waals surface area (Å²) in [7, 11) is 1.70. The monoisotopic (exact) mass is 306 g/mol. The first kappa shape index (κ1) is 11.1. The van der Waals surface area contributed by atoms with Crippen molar-refractivity contribution in [3.63, 3.8) is 0 Å². The van der Waals surface area contributed by atoms with Crippen LogP contribution in [0.4, 0.5) is 0 Å². The molecule has 0 bridgehead atoms. The van der Waals surface area contributed by atoms with Crippen molar-refractivity contribution in [2.45, 2.75) is 17.6 Å². The number of ether oxygens (including phenoxy) is 1. The van der Waals surface area contributed by atoms with E-state index in [2.05, 4.69) is 50.9 Å². The summed E-state index contributed by atoms with van der Waals surface area (Å²) < 4.78 is 5.28. The second-order valence-corrected chi connectivity index (χ2v) is 3.98. The summed E-state index contributed by atoms with van der Waals surface area (Å²) in [4.78, 5) is 0. The van der Waals surface area contributed by atoms with Crippen LogP contribution in [0, 0.1) is 6.92 Å². The van der Waals surface area contributed by atoms with Gasteiger partial charge in [0.1, 0.15) is 5.75 Å². The number of aryl methyl sites for hydroxylation is 1. The van der Waals surface area contributed by atoms with E-state index >= 15 is 0 Å². The highest BCUT2D eigenvalue weighted by Crippen LogP contribution is 2.26. The molecule has 0 radical (unpaired) electrons. The summed E-state index contributed by atoms with van der Waals surface area (Å²) in [5, 5.41) is 1.71. The fraction of sp³-hybridized carbons (Fsp3) is 0.400. The zero-order valence-corrected chi connectivity index (χ0v) is 10.9. The largest absolute Gasteiger partial charge is 0.496 e. The Bertz CT molecular complexity index is 297. The van der Waals surface area contributed by atoms with Crippen LogP contribution in [-0.2, 0) is 10.7 Å². The Balaban J connectivity index is 3.18. The molecule has 0 aliphatic rings. The van der Waals surface area contributed by atoms with Crippen LogP contribution in [0.5, 0.6) is 5.75 Å². The Morgan fingerprint density at radius 2 is 1.77 bits per heavy atom. The van der Waals surface area contributed by atoms with E-state index in [-0.39, 0.29) is 0 Å². The van der Waals surface area contributed by atoms with E-state index in [9.17, 15) is 0 Å². The maximum absolute atomic E-state index is 5.28. The van der Waals surface area contributed by atoms with Crippen molar-refractivity contribution in [2.24, 2.45) is 0 Å². The van der Waals surface area contributed by atoms with Crippen molar-refractivity contribution in [1.29, 1.82) is 0 Å². The topological polar surface area (TPSA) is 9.23 Å². The first-order valence-electron chi connectivity index (χ1n) is 4.01. The third-order valence-corrected chi connectivity index (χ3v) is 3.24. The summed E-state index contributed by atoms with van der Waals surface area (Å²) in [6.07, 6.45) is 0. The molecule has 0 saturated carbocycles. The second-order valence-electron chi connectivity index (χ2n) is 2.86. The van der Waals surface area contributed by atoms with Crippen LogP contribution >= 0.6 is 31.9 Å². The van der Waals surface area contributed by atoms with Crippen LogP contribution in [-0.4, -0.2) is 7.11 Å². The smallest absolute Gasteiger partial charge is 0.123 e. The minimum Gasteiger partial charge on any atom is -0.496 e. The minimum absolute atomic E-state index is 0.833. The number of benzene rings is 1. The molecule has 0 aliphatic heterocycles. The predicted molar refractivity (Wildman–Crippen MR) is 63.0 cm³/mol. The molecule has 0 atom stereocenters. The summed E-state index contributed by atoms with van der Waals surface area (Å²) in [6, 6.07) is 4.24. The molecule has 0 saturated heterocycles. The van der Waals surface area contributed by atoms with Crippen LogP contribution < -0.4 is 4.74 Å². The van der Waals surface area contributed by atoms with Crippen LogP contribution in [0.3, 0.4) is 0 Å². The van der Waals surface area contributed by atoms with E-state index in [0.29, 0.717) is 0 Å². The number of alkyl halides is 2. The molecule has 1 nitrogen and oxygen atoms in total. The third kappa shape index (κ3) is 2.47. The molecule has 1 aromatic rings. The molecule has 0 N–H and O–H groups in total. The number of rotatable bonds is 3. The highest BCUT2D eigenvalue weighted by Gasteiger charge is 2.05. The van der Waals surface area contributed by atoms with Gasteiger partial charge in [0.25, 0.3) is 0 Å². The Morgan fingerprint density at radius 3 is 2.23 bits per heavy atom. The van der Waals surface area contributed by atoms with Gasteiger partial charge in [0.2, 0.25) is 0 Å². The van der Waals surface area contributed by atoms with Gasteiger partial charge in [-0.1, -0.05) is 37.9 Å². The molecular formula is C10H12Br2O. The van der Waals surface area contributed by atoms with E-state index in [0.717, 1.165) is 16.4 Å². The summed E-state index contributed by atoms with van der Waals surface area (Å²) in [6.45, 7) is 2.11. The first-order chi connectivity index (χ1) is 6.22. The van der Waals surface area contributed by atoms with Gasteiger partial charge in [-0.25, -0.2) is 0 Å². The zero-order valence-electron chi connectivity index (χ0n) is 7.73. The number of halogens is 2. The Hall–Kier alpha value is -0.0200. The highest BCUT2D eigenvalue weighted by atomic mass is 79.9. The van der Waals surface area contributed by atoms with E-state index in [1.807, 2.05) is 0 Å². The van der Waals surface area contributed by atoms with Crippen molar-refractivity contribution < 1.29 is 4.74 Å². The number of hydrogen-bond acceptors (Lipinski definition) is 1. The summed E-state index contributed by atoms with van der Waals surface area (Å²) in [5.74, 6) is 0.955. The zero-order chi connectivity index (χ0) is 9.84. The van der Waals surface area contributed by atoms with E-state index in [1.54, 1.807) is 7.11 Å². The van der Waals surface area contributed by atoms with E-state index in [1.165, 1.54) is 16.7 Å². The normalized spacial score (nSPS) is 10.2. The molecule has 0 aliphatic carbocycles. The highest BCUT2D eigenvalue weighted by molar-refractivity contribution is 9.08. The molecular weight excluding hydrogens is 296 g/mol. The van der Waals surface area contributed by atoms with Gasteiger partial charge in [0, 0.05) is 16.2 Å². The molecule has 0 fully saturated rings. The average molecular weight is 308 g/mol. The van der Waals surface area contributed by atoms with Gasteiger partial charge < -0.3 is 4.74 Å². The fourth-order valence-corrected chi connectivity index (χ4v) is 2.27. The van der Waals surface area contributed by atoms with Crippen molar-refractivity contribution >= 4 is 31.9 Å². The van der Waals surface area contributed by atoms with E-state index in [4.69, 9.17) is 4.74 Å². The lowest BCUT2D eigenvalue weighted by Gasteiger charge is -2.10. The quantitative estimate of drug-likeness (QED) is 0.772. The molecule has 0 amide bonds. The number of methoxy groups -OCH3 is 1. The van der Waals surface area contributed by atoms with Crippen molar-refractivity contribution in [1.82, 2.24) is 0 Å². The van der Waals surface area contributed by atoms with Gasteiger partial charge in [0.05, 0.1) is 7.11 Å². The van der Waals surface area contributed by atoms with Gasteiger partial charge >= 0.3 is 0 Å². The van der Waals surface area contributed by atoms with Gasteiger partial charge in [-0.3, -0.25) is 0 Å². The standard InChI is InChI=1S/C10H12Br2O/c1-7-3-9(6-12)10(13-2)4-8(7)5-11/h3-4H,5-6H2,1-2H3. The maximum atomic E-state index is 5.28. The summed E-state index contributed by atoms with van der Waals surface area (Å²) in [5.41, 5.74) is 3.78. The van der Waals surface area contributed by atoms with Crippen LogP contribution in [0.2, 0.25) is 0 Å². The minimum atomic E-state index is 0.833. The first-order valence-corrected chi connectivity index (χ1v) is 6.25. The second kappa shape index (κ2) is 5.01. The molecule has 0 aromatic heterocycles. The Labute approximate surface area is 95.7 Å². The molecule has 0 spiro atoms. The van der Waals surface area contributed by atoms with Crippen LogP contribution in [0.15, 0.2) is 12.1 Å².